The number of carbonyl (C=O) groups is 2. The first kappa shape index (κ1) is 28.4. The van der Waals surface area contributed by atoms with Gasteiger partial charge in [0.15, 0.2) is 11.6 Å². The lowest BCUT2D eigenvalue weighted by Gasteiger charge is -2.28. The highest BCUT2D eigenvalue weighted by molar-refractivity contribution is 7.19. The number of hydrogen-bond acceptors (Lipinski definition) is 12. The van der Waals surface area contributed by atoms with Gasteiger partial charge in [0, 0.05) is 49.7 Å². The van der Waals surface area contributed by atoms with Crippen molar-refractivity contribution >= 4 is 45.4 Å². The van der Waals surface area contributed by atoms with E-state index in [2.05, 4.69) is 20.2 Å². The van der Waals surface area contributed by atoms with Crippen molar-refractivity contribution in [2.45, 2.75) is 52.1 Å². The van der Waals surface area contributed by atoms with Gasteiger partial charge in [-0.15, -0.1) is 11.3 Å². The van der Waals surface area contributed by atoms with Crippen LogP contribution in [0.25, 0.3) is 21.6 Å². The molecule has 210 valence electrons. The van der Waals surface area contributed by atoms with Gasteiger partial charge in [0.1, 0.15) is 5.60 Å². The molecule has 1 amide bonds. The Morgan fingerprint density at radius 3 is 2.64 bits per heavy atom. The van der Waals surface area contributed by atoms with Gasteiger partial charge >= 0.3 is 12.1 Å². The van der Waals surface area contributed by atoms with Crippen molar-refractivity contribution in [2.75, 3.05) is 50.1 Å². The second-order valence-electron chi connectivity index (χ2n) is 9.74. The molecular formula is C26H35N7O5S. The third-order valence-electron chi connectivity index (χ3n) is 6.00. The molecule has 3 aromatic rings. The van der Waals surface area contributed by atoms with Crippen LogP contribution in [0.5, 0.6) is 0 Å². The maximum Gasteiger partial charge on any atom is 0.407 e. The number of esters is 1. The van der Waals surface area contributed by atoms with E-state index in [1.54, 1.807) is 30.7 Å². The molecule has 13 heteroatoms. The minimum absolute atomic E-state index is 0.189. The third kappa shape index (κ3) is 7.96. The number of nitrogen functional groups attached to an aromatic ring is 1. The fourth-order valence-corrected chi connectivity index (χ4v) is 5.51. The number of nitrogens with two attached hydrogens (primary N) is 1. The molecule has 1 fully saturated rings. The lowest BCUT2D eigenvalue weighted by Crippen LogP contribution is -2.37. The molecule has 0 bridgehead atoms. The molecule has 0 atom stereocenters. The number of rotatable bonds is 11. The molecule has 0 radical (unpaired) electrons. The topological polar surface area (TPSA) is 155 Å². The minimum atomic E-state index is -0.754. The number of morpholine rings is 1. The van der Waals surface area contributed by atoms with Gasteiger partial charge in [-0.2, -0.15) is 0 Å². The molecule has 0 saturated carbocycles. The molecule has 0 aliphatic carbocycles. The molecule has 1 aliphatic heterocycles. The van der Waals surface area contributed by atoms with Crippen LogP contribution in [0.2, 0.25) is 0 Å². The van der Waals surface area contributed by atoms with Gasteiger partial charge in [-0.25, -0.2) is 24.7 Å². The lowest BCUT2D eigenvalue weighted by atomic mass is 10.0. The van der Waals surface area contributed by atoms with E-state index in [0.29, 0.717) is 63.4 Å². The number of alkyl carbamates (subject to hydrolysis) is 1. The third-order valence-corrected chi connectivity index (χ3v) is 7.12. The first-order chi connectivity index (χ1) is 18.7. The Hall–Kier alpha value is -3.58. The summed E-state index contributed by atoms with van der Waals surface area (Å²) in [5.41, 5.74) is 6.39. The Kier molecular flexibility index (Phi) is 9.46. The van der Waals surface area contributed by atoms with Crippen molar-refractivity contribution in [3.63, 3.8) is 0 Å². The summed E-state index contributed by atoms with van der Waals surface area (Å²) < 4.78 is 17.1. The van der Waals surface area contributed by atoms with E-state index in [1.807, 2.05) is 19.9 Å². The number of amides is 1. The number of unbranched alkanes of at least 4 members (excludes halogenated alkanes) is 1. The first-order valence-electron chi connectivity index (χ1n) is 13.1. The van der Waals surface area contributed by atoms with E-state index in [9.17, 15) is 9.59 Å². The van der Waals surface area contributed by atoms with Gasteiger partial charge in [0.2, 0.25) is 5.95 Å². The number of nitrogens with one attached hydrogen (secondary N) is 1. The van der Waals surface area contributed by atoms with Gasteiger partial charge in [-0.1, -0.05) is 0 Å². The molecule has 12 nitrogen and oxygen atoms in total. The van der Waals surface area contributed by atoms with E-state index >= 15 is 0 Å². The monoisotopic (exact) mass is 557 g/mol. The van der Waals surface area contributed by atoms with Crippen LogP contribution in [0.4, 0.5) is 16.6 Å². The van der Waals surface area contributed by atoms with Crippen molar-refractivity contribution in [1.29, 1.82) is 0 Å². The Morgan fingerprint density at radius 2 is 1.92 bits per heavy atom. The van der Waals surface area contributed by atoms with Gasteiger partial charge < -0.3 is 30.2 Å². The number of nitrogens with zero attached hydrogens (tertiary/aromatic N) is 5. The second-order valence-corrected chi connectivity index (χ2v) is 10.9. The van der Waals surface area contributed by atoms with Gasteiger partial charge in [-0.05, 0) is 39.7 Å². The van der Waals surface area contributed by atoms with Crippen molar-refractivity contribution in [1.82, 2.24) is 25.3 Å². The molecule has 3 N–H and O–H groups in total. The van der Waals surface area contributed by atoms with Crippen molar-refractivity contribution in [3.05, 3.63) is 23.3 Å². The smallest absolute Gasteiger partial charge is 0.407 e. The summed E-state index contributed by atoms with van der Waals surface area (Å²) in [4.78, 5) is 44.9. The molecule has 4 heterocycles. The molecular weight excluding hydrogens is 522 g/mol. The lowest BCUT2D eigenvalue weighted by molar-refractivity contribution is -0.143. The summed E-state index contributed by atoms with van der Waals surface area (Å²) in [7, 11) is 0. The molecule has 0 aromatic carbocycles. The number of ether oxygens (including phenoxy) is 3. The van der Waals surface area contributed by atoms with Crippen LogP contribution >= 0.6 is 11.3 Å². The van der Waals surface area contributed by atoms with Gasteiger partial charge in [0.25, 0.3) is 0 Å². The largest absolute Gasteiger partial charge is 0.466 e. The van der Waals surface area contributed by atoms with E-state index in [1.165, 1.54) is 0 Å². The van der Waals surface area contributed by atoms with E-state index < -0.39 is 11.7 Å². The fourth-order valence-electron chi connectivity index (χ4n) is 4.18. The average Bonchev–Trinajstić information content (AvgIpc) is 3.30. The molecule has 39 heavy (non-hydrogen) atoms. The van der Waals surface area contributed by atoms with Gasteiger partial charge in [0.05, 0.1) is 35.6 Å². The van der Waals surface area contributed by atoms with Gasteiger partial charge in [-0.3, -0.25) is 4.79 Å². The zero-order valence-corrected chi connectivity index (χ0v) is 23.4. The van der Waals surface area contributed by atoms with Crippen LogP contribution in [-0.2, 0) is 25.4 Å². The summed E-state index contributed by atoms with van der Waals surface area (Å²) in [5.74, 6) is 1.32. The number of fused-ring (bicyclic) bond motifs is 1. The SMILES string of the molecule is CCOC(=O)CCCCNC(=O)OC(C)(C)Cc1cc2nc(-c3cnc(N)nc3)nc(N3CCOCC3)c2s1. The van der Waals surface area contributed by atoms with Crippen LogP contribution in [0.3, 0.4) is 0 Å². The maximum atomic E-state index is 12.4. The minimum Gasteiger partial charge on any atom is -0.466 e. The summed E-state index contributed by atoms with van der Waals surface area (Å²) in [6.45, 7) is 9.04. The highest BCUT2D eigenvalue weighted by Crippen LogP contribution is 2.36. The molecule has 4 rings (SSSR count). The highest BCUT2D eigenvalue weighted by atomic mass is 32.1. The molecule has 3 aromatic heterocycles. The van der Waals surface area contributed by atoms with Crippen LogP contribution in [0, 0.1) is 0 Å². The van der Waals surface area contributed by atoms with Crippen LogP contribution in [-0.4, -0.2) is 77.1 Å². The molecule has 1 saturated heterocycles. The predicted octanol–water partition coefficient (Wildman–Crippen LogP) is 3.35. The number of carbonyl (C=O) groups excluding carboxylic acids is 2. The number of aromatic nitrogens is 4. The van der Waals surface area contributed by atoms with E-state index in [-0.39, 0.29) is 11.9 Å². The fraction of sp³-hybridized carbons (Fsp3) is 0.538. The van der Waals surface area contributed by atoms with E-state index in [4.69, 9.17) is 29.9 Å². The highest BCUT2D eigenvalue weighted by Gasteiger charge is 2.26. The molecule has 1 aliphatic rings. The van der Waals surface area contributed by atoms with Crippen molar-refractivity contribution < 1.29 is 23.8 Å². The molecule has 0 spiro atoms. The van der Waals surface area contributed by atoms with E-state index in [0.717, 1.165) is 34.0 Å². The number of thiophene rings is 1. The first-order valence-corrected chi connectivity index (χ1v) is 13.9. The summed E-state index contributed by atoms with van der Waals surface area (Å²) in [6.07, 6.45) is 4.89. The average molecular weight is 558 g/mol. The van der Waals surface area contributed by atoms with Crippen molar-refractivity contribution in [2.24, 2.45) is 0 Å². The standard InChI is InChI=1S/C26H35N7O5S/c1-4-37-20(34)7-5-6-8-28-25(35)38-26(2,3)14-18-13-19-21(39-18)23(33-9-11-36-12-10-33)32-22(31-19)17-15-29-24(27)30-16-17/h13,15-16H,4-12,14H2,1-3H3,(H,28,35)(H2,27,29,30). The number of hydrogen-bond donors (Lipinski definition) is 2. The second kappa shape index (κ2) is 13.0. The normalized spacial score (nSPS) is 13.9. The predicted molar refractivity (Wildman–Crippen MR) is 149 cm³/mol. The quantitative estimate of drug-likeness (QED) is 0.263. The number of anilines is 2. The van der Waals surface area contributed by atoms with Crippen LogP contribution in [0.15, 0.2) is 18.5 Å². The summed E-state index contributed by atoms with van der Waals surface area (Å²) in [5, 5.41) is 2.77. The Balaban J connectivity index is 1.44. The van der Waals surface area contributed by atoms with Crippen LogP contribution < -0.4 is 16.0 Å². The Morgan fingerprint density at radius 1 is 1.18 bits per heavy atom. The summed E-state index contributed by atoms with van der Waals surface area (Å²) >= 11 is 1.59. The zero-order chi connectivity index (χ0) is 27.8. The maximum absolute atomic E-state index is 12.4. The molecule has 0 unspecified atom stereocenters. The Labute approximate surface area is 231 Å². The van der Waals surface area contributed by atoms with Crippen LogP contribution in [0.1, 0.15) is 44.9 Å². The zero-order valence-electron chi connectivity index (χ0n) is 22.6. The van der Waals surface area contributed by atoms with Crippen molar-refractivity contribution in [3.8, 4) is 11.4 Å². The Bertz CT molecular complexity index is 1280. The summed E-state index contributed by atoms with van der Waals surface area (Å²) in [6, 6.07) is 2.02.